The lowest BCUT2D eigenvalue weighted by atomic mass is 9.96. The zero-order valence-corrected chi connectivity index (χ0v) is 42.5. The Morgan fingerprint density at radius 3 is 1.85 bits per heavy atom. The van der Waals surface area contributed by atoms with Gasteiger partial charge in [-0.25, -0.2) is 0 Å². The van der Waals surface area contributed by atoms with E-state index >= 15 is 0 Å². The molecule has 408 valence electrons. The number of carbonyl (C=O) groups is 8. The summed E-state index contributed by atoms with van der Waals surface area (Å²) in [4.78, 5) is 99.6. The maximum atomic E-state index is 12.9. The molecule has 23 nitrogen and oxygen atoms in total. The van der Waals surface area contributed by atoms with Crippen LogP contribution < -0.4 is 21.3 Å². The molecule has 0 aliphatic carbocycles. The number of rotatable bonds is 37. The van der Waals surface area contributed by atoms with Gasteiger partial charge in [0.05, 0.1) is 45.2 Å². The van der Waals surface area contributed by atoms with Crippen LogP contribution in [0.4, 0.5) is 0 Å². The van der Waals surface area contributed by atoms with Gasteiger partial charge in [0.2, 0.25) is 29.5 Å². The van der Waals surface area contributed by atoms with E-state index in [0.717, 1.165) is 58.8 Å². The van der Waals surface area contributed by atoms with Gasteiger partial charge in [-0.2, -0.15) is 0 Å². The van der Waals surface area contributed by atoms with Crippen LogP contribution in [0.15, 0.2) is 0 Å². The van der Waals surface area contributed by atoms with E-state index in [1.807, 2.05) is 0 Å². The highest BCUT2D eigenvalue weighted by atomic mass is 16.7. The van der Waals surface area contributed by atoms with E-state index in [0.29, 0.717) is 58.2 Å². The predicted octanol–water partition coefficient (Wildman–Crippen LogP) is 0.598. The molecule has 2 rings (SSSR count). The summed E-state index contributed by atoms with van der Waals surface area (Å²) in [5.41, 5.74) is -1.17. The van der Waals surface area contributed by atoms with Gasteiger partial charge in [0.15, 0.2) is 18.5 Å². The smallest absolute Gasteiger partial charge is 0.303 e. The van der Waals surface area contributed by atoms with Gasteiger partial charge in [-0.3, -0.25) is 38.4 Å². The van der Waals surface area contributed by atoms with E-state index in [-0.39, 0.29) is 95.1 Å². The van der Waals surface area contributed by atoms with Crippen LogP contribution in [0.1, 0.15) is 137 Å². The van der Waals surface area contributed by atoms with Gasteiger partial charge in [0.1, 0.15) is 24.3 Å². The summed E-state index contributed by atoms with van der Waals surface area (Å²) in [5.74, 6) is -3.32. The first-order chi connectivity index (χ1) is 33.9. The SMILES string of the molecule is CCOCC(CO)(COCCC(=O)NCCCNC(=O)CCCCOC1OC(COC(C)=O)C(OC(C)=O)C(OC(C)=O)C1NC(C)=O)NC(=O)CCCCCCCCCCC(=O)N1C[C@H](O)C[C@H]1CO. The number of β-amino-alcohol motifs (C(OH)–C–C–N with tert-alkyl or cyclic N) is 1. The van der Waals surface area contributed by atoms with Crippen molar-refractivity contribution < 1.29 is 86.8 Å². The normalized spacial score (nSPS) is 21.6. The number of likely N-dealkylation sites (tertiary alicyclic amines) is 1. The lowest BCUT2D eigenvalue weighted by Gasteiger charge is -2.44. The minimum absolute atomic E-state index is 0.0168. The maximum Gasteiger partial charge on any atom is 0.303 e. The number of hydrogen-bond acceptors (Lipinski definition) is 18. The first-order valence-electron chi connectivity index (χ1n) is 25.1. The number of carbonyl (C=O) groups excluding carboxylic acids is 8. The Balaban J connectivity index is 1.62. The molecule has 8 atom stereocenters. The molecule has 23 heteroatoms. The standard InChI is InChI=1S/C48H83N5O18/c1-6-65-31-48(30-55,52-42(63)19-13-11-9-7-8-10-12-14-20-43(64)53-27-38(60)26-37(53)28-54)32-66-25-21-41(62)50-23-17-22-49-40(61)18-15-16-24-67-47-44(51-33(2)56)46(70-36(5)59)45(69-35(4)58)39(71-47)29-68-34(3)57/h37-39,44-47,54-55,60H,6-32H2,1-5H3,(H,49,61)(H,50,62)(H,51,56)(H,52,63)/t37-,38+,39?,44?,45?,46?,47?,48?/m0/s1. The minimum Gasteiger partial charge on any atom is -0.463 e. The van der Waals surface area contributed by atoms with Gasteiger partial charge in [0, 0.05) is 86.2 Å². The Kier molecular flexibility index (Phi) is 31.4. The van der Waals surface area contributed by atoms with Gasteiger partial charge in [0.25, 0.3) is 0 Å². The quantitative estimate of drug-likeness (QED) is 0.0255. The fraction of sp³-hybridized carbons (Fsp3) is 0.833. The van der Waals surface area contributed by atoms with Crippen molar-refractivity contribution in [1.29, 1.82) is 0 Å². The van der Waals surface area contributed by atoms with E-state index in [9.17, 15) is 53.7 Å². The van der Waals surface area contributed by atoms with Crippen molar-refractivity contribution in [3.8, 4) is 0 Å². The first kappa shape index (κ1) is 62.6. The number of aliphatic hydroxyl groups is 3. The molecule has 0 saturated carbocycles. The second-order valence-corrected chi connectivity index (χ2v) is 18.1. The van der Waals surface area contributed by atoms with Crippen LogP contribution >= 0.6 is 0 Å². The van der Waals surface area contributed by atoms with E-state index in [4.69, 9.17) is 33.2 Å². The van der Waals surface area contributed by atoms with Crippen molar-refractivity contribution in [3.05, 3.63) is 0 Å². The minimum atomic E-state index is -1.24. The van der Waals surface area contributed by atoms with Crippen LogP contribution in [0, 0.1) is 0 Å². The molecule has 5 amide bonds. The number of unbranched alkanes of at least 4 members (excludes halogenated alkanes) is 8. The van der Waals surface area contributed by atoms with Crippen molar-refractivity contribution in [2.24, 2.45) is 0 Å². The summed E-state index contributed by atoms with van der Waals surface area (Å²) in [6.45, 7) is 6.94. The molecule has 2 aliphatic heterocycles. The zero-order chi connectivity index (χ0) is 52.6. The highest BCUT2D eigenvalue weighted by molar-refractivity contribution is 5.78. The molecule has 71 heavy (non-hydrogen) atoms. The Bertz CT molecular complexity index is 1640. The number of esters is 3. The maximum absolute atomic E-state index is 12.9. The van der Waals surface area contributed by atoms with Crippen molar-refractivity contribution in [3.63, 3.8) is 0 Å². The molecule has 0 aromatic carbocycles. The largest absolute Gasteiger partial charge is 0.463 e. The summed E-state index contributed by atoms with van der Waals surface area (Å²) in [5, 5.41) is 40.6. The van der Waals surface area contributed by atoms with Crippen molar-refractivity contribution in [1.82, 2.24) is 26.2 Å². The third-order valence-corrected chi connectivity index (χ3v) is 11.8. The van der Waals surface area contributed by atoms with Gasteiger partial charge >= 0.3 is 17.9 Å². The number of ether oxygens (including phenoxy) is 7. The van der Waals surface area contributed by atoms with Crippen molar-refractivity contribution >= 4 is 47.4 Å². The highest BCUT2D eigenvalue weighted by Crippen LogP contribution is 2.28. The molecule has 0 radical (unpaired) electrons. The molecular formula is C48H83N5O18. The summed E-state index contributed by atoms with van der Waals surface area (Å²) >= 11 is 0. The van der Waals surface area contributed by atoms with Gasteiger partial charge in [-0.1, -0.05) is 38.5 Å². The molecule has 0 bridgehead atoms. The Morgan fingerprint density at radius 2 is 1.25 bits per heavy atom. The monoisotopic (exact) mass is 1020 g/mol. The second-order valence-electron chi connectivity index (χ2n) is 18.1. The van der Waals surface area contributed by atoms with E-state index in [1.54, 1.807) is 11.8 Å². The van der Waals surface area contributed by atoms with Crippen LogP contribution in [0.2, 0.25) is 0 Å². The molecular weight excluding hydrogens is 935 g/mol. The van der Waals surface area contributed by atoms with Crippen LogP contribution in [0.3, 0.4) is 0 Å². The lowest BCUT2D eigenvalue weighted by Crippen LogP contribution is -2.66. The third-order valence-electron chi connectivity index (χ3n) is 11.8. The Morgan fingerprint density at radius 1 is 0.676 bits per heavy atom. The molecule has 2 heterocycles. The molecule has 2 saturated heterocycles. The second kappa shape index (κ2) is 35.6. The summed E-state index contributed by atoms with van der Waals surface area (Å²) < 4.78 is 39.1. The number of hydrogen-bond donors (Lipinski definition) is 7. The van der Waals surface area contributed by atoms with Crippen molar-refractivity contribution in [2.75, 3.05) is 72.5 Å². The zero-order valence-electron chi connectivity index (χ0n) is 42.5. The summed E-state index contributed by atoms with van der Waals surface area (Å²) in [7, 11) is 0. The van der Waals surface area contributed by atoms with E-state index in [2.05, 4.69) is 21.3 Å². The average molecular weight is 1020 g/mol. The number of aliphatic hydroxyl groups excluding tert-OH is 3. The number of nitrogens with zero attached hydrogens (tertiary/aromatic N) is 1. The molecule has 0 spiro atoms. The molecule has 6 unspecified atom stereocenters. The highest BCUT2D eigenvalue weighted by Gasteiger charge is 2.51. The Hall–Kier alpha value is -4.52. The topological polar surface area (TPSA) is 313 Å². The van der Waals surface area contributed by atoms with Crippen LogP contribution in [-0.4, -0.2) is 188 Å². The van der Waals surface area contributed by atoms with Crippen LogP contribution in [0.5, 0.6) is 0 Å². The summed E-state index contributed by atoms with van der Waals surface area (Å²) in [6.07, 6.45) is 4.52. The van der Waals surface area contributed by atoms with E-state index in [1.165, 1.54) is 13.8 Å². The number of amides is 5. The molecule has 0 aromatic rings. The van der Waals surface area contributed by atoms with Gasteiger partial charge in [-0.05, 0) is 45.4 Å². The van der Waals surface area contributed by atoms with Crippen LogP contribution in [0.25, 0.3) is 0 Å². The molecule has 7 N–H and O–H groups in total. The van der Waals surface area contributed by atoms with Gasteiger partial charge < -0.3 is 74.6 Å². The first-order valence-corrected chi connectivity index (χ1v) is 25.1. The van der Waals surface area contributed by atoms with Gasteiger partial charge in [-0.15, -0.1) is 0 Å². The van der Waals surface area contributed by atoms with Crippen molar-refractivity contribution in [2.45, 2.75) is 186 Å². The third kappa shape index (κ3) is 26.1. The Labute approximate surface area is 417 Å². The molecule has 0 aromatic heterocycles. The lowest BCUT2D eigenvalue weighted by molar-refractivity contribution is -0.277. The fourth-order valence-electron chi connectivity index (χ4n) is 8.21. The predicted molar refractivity (Wildman–Crippen MR) is 254 cm³/mol. The fourth-order valence-corrected chi connectivity index (χ4v) is 8.21. The molecule has 2 aliphatic rings. The number of nitrogens with one attached hydrogen (secondary N) is 4. The van der Waals surface area contributed by atoms with E-state index < -0.39 is 72.7 Å². The average Bonchev–Trinajstić information content (AvgIpc) is 3.71. The summed E-state index contributed by atoms with van der Waals surface area (Å²) in [6, 6.07) is -1.39. The van der Waals surface area contributed by atoms with Crippen LogP contribution in [-0.2, 0) is 71.5 Å². The molecule has 2 fully saturated rings.